The molecule has 0 aliphatic heterocycles. The van der Waals surface area contributed by atoms with Crippen molar-refractivity contribution in [1.29, 1.82) is 0 Å². The zero-order chi connectivity index (χ0) is 19.1. The average molecular weight is 434 g/mol. The minimum atomic E-state index is -0.650. The van der Waals surface area contributed by atoms with Crippen molar-refractivity contribution >= 4 is 5.97 Å². The maximum absolute atomic E-state index is 10.4. The molecule has 0 aliphatic carbocycles. The quantitative estimate of drug-likeness (QED) is 0.137. The summed E-state index contributed by atoms with van der Waals surface area (Å²) in [5.74, 6) is -0.650. The van der Waals surface area contributed by atoms with Crippen LogP contribution in [0.2, 0.25) is 0 Å². The van der Waals surface area contributed by atoms with E-state index in [1.165, 1.54) is 122 Å². The Morgan fingerprint density at radius 1 is 0.481 bits per heavy atom. The van der Waals surface area contributed by atoms with E-state index in [0.717, 1.165) is 12.8 Å². The van der Waals surface area contributed by atoms with E-state index in [-0.39, 0.29) is 19.5 Å². The molecular formula is C24H48O2Zn. The Bertz CT molecular complexity index is 282. The van der Waals surface area contributed by atoms with E-state index < -0.39 is 5.97 Å². The molecule has 0 bridgehead atoms. The van der Waals surface area contributed by atoms with Crippen LogP contribution in [0, 0.1) is 0 Å². The number of carboxylic acids is 1. The van der Waals surface area contributed by atoms with Crippen LogP contribution in [0.25, 0.3) is 0 Å². The number of hydrogen-bond acceptors (Lipinski definition) is 1. The third kappa shape index (κ3) is 28.4. The molecule has 0 aliphatic rings. The molecule has 3 heteroatoms. The summed E-state index contributed by atoms with van der Waals surface area (Å²) in [7, 11) is 0. The topological polar surface area (TPSA) is 37.3 Å². The Morgan fingerprint density at radius 3 is 0.926 bits per heavy atom. The molecule has 0 saturated carbocycles. The second-order valence-corrected chi connectivity index (χ2v) is 8.21. The van der Waals surface area contributed by atoms with E-state index in [0.29, 0.717) is 6.42 Å². The minimum Gasteiger partial charge on any atom is -0.481 e. The normalized spacial score (nSPS) is 10.7. The number of carboxylic acid groups (broad SMARTS) is 1. The van der Waals surface area contributed by atoms with Crippen molar-refractivity contribution in [2.45, 2.75) is 148 Å². The first-order valence-corrected chi connectivity index (χ1v) is 12.0. The summed E-state index contributed by atoms with van der Waals surface area (Å²) in [6, 6.07) is 0. The van der Waals surface area contributed by atoms with Crippen molar-refractivity contribution in [3.8, 4) is 0 Å². The monoisotopic (exact) mass is 432 g/mol. The van der Waals surface area contributed by atoms with Gasteiger partial charge in [0.15, 0.2) is 0 Å². The zero-order valence-electron chi connectivity index (χ0n) is 18.6. The summed E-state index contributed by atoms with van der Waals surface area (Å²) >= 11 is 0. The third-order valence-corrected chi connectivity index (χ3v) is 5.49. The van der Waals surface area contributed by atoms with Crippen LogP contribution in [0.4, 0.5) is 0 Å². The van der Waals surface area contributed by atoms with E-state index in [1.807, 2.05) is 0 Å². The molecular weight excluding hydrogens is 386 g/mol. The Balaban J connectivity index is 0. The van der Waals surface area contributed by atoms with Crippen LogP contribution in [0.1, 0.15) is 148 Å². The first-order valence-electron chi connectivity index (χ1n) is 12.0. The fourth-order valence-corrected chi connectivity index (χ4v) is 3.71. The number of hydrogen-bond donors (Lipinski definition) is 1. The van der Waals surface area contributed by atoms with Gasteiger partial charge in [-0.3, -0.25) is 4.79 Å². The Morgan fingerprint density at radius 2 is 0.704 bits per heavy atom. The smallest absolute Gasteiger partial charge is 0.303 e. The van der Waals surface area contributed by atoms with E-state index in [1.54, 1.807) is 0 Å². The molecule has 0 aromatic carbocycles. The van der Waals surface area contributed by atoms with Gasteiger partial charge in [-0.1, -0.05) is 135 Å². The summed E-state index contributed by atoms with van der Waals surface area (Å²) < 4.78 is 0. The maximum atomic E-state index is 10.4. The predicted octanol–water partition coefficient (Wildman–Crippen LogP) is 8.67. The van der Waals surface area contributed by atoms with Gasteiger partial charge in [-0.05, 0) is 6.42 Å². The van der Waals surface area contributed by atoms with Crippen molar-refractivity contribution in [3.63, 3.8) is 0 Å². The molecule has 0 aromatic heterocycles. The van der Waals surface area contributed by atoms with Crippen molar-refractivity contribution in [2.24, 2.45) is 0 Å². The molecule has 0 atom stereocenters. The molecule has 0 fully saturated rings. The number of rotatable bonds is 22. The van der Waals surface area contributed by atoms with Gasteiger partial charge in [-0.25, -0.2) is 0 Å². The summed E-state index contributed by atoms with van der Waals surface area (Å²) in [5, 5.41) is 8.57. The van der Waals surface area contributed by atoms with Gasteiger partial charge in [-0.15, -0.1) is 0 Å². The van der Waals surface area contributed by atoms with Crippen molar-refractivity contribution in [1.82, 2.24) is 0 Å². The Kier molecular flexibility index (Phi) is 28.3. The Labute approximate surface area is 183 Å². The summed E-state index contributed by atoms with van der Waals surface area (Å²) in [6.07, 6.45) is 29.1. The molecule has 0 rings (SSSR count). The Hall–Kier alpha value is 0.0934. The van der Waals surface area contributed by atoms with Gasteiger partial charge >= 0.3 is 5.97 Å². The van der Waals surface area contributed by atoms with Crippen molar-refractivity contribution in [2.75, 3.05) is 0 Å². The van der Waals surface area contributed by atoms with Crippen LogP contribution >= 0.6 is 0 Å². The van der Waals surface area contributed by atoms with Crippen molar-refractivity contribution < 1.29 is 29.4 Å². The fourth-order valence-electron chi connectivity index (χ4n) is 3.71. The molecule has 158 valence electrons. The standard InChI is InChI=1S/C24H48O2.Zn/c1-2-3-4-5-6-7-8-9-10-11-12-13-14-15-16-17-18-19-20-21-22-23-24(25)26;/h2-23H2,1H3,(H,25,26);. The maximum Gasteiger partial charge on any atom is 0.303 e. The molecule has 0 spiro atoms. The van der Waals surface area contributed by atoms with Crippen LogP contribution in [0.5, 0.6) is 0 Å². The zero-order valence-corrected chi connectivity index (χ0v) is 21.6. The minimum absolute atomic E-state index is 0. The molecule has 0 radical (unpaired) electrons. The van der Waals surface area contributed by atoms with Gasteiger partial charge in [0.2, 0.25) is 0 Å². The van der Waals surface area contributed by atoms with Crippen LogP contribution in [0.3, 0.4) is 0 Å². The van der Waals surface area contributed by atoms with Crippen LogP contribution in [-0.2, 0) is 24.3 Å². The largest absolute Gasteiger partial charge is 0.481 e. The summed E-state index contributed by atoms with van der Waals surface area (Å²) in [5.41, 5.74) is 0. The number of carbonyl (C=O) groups is 1. The van der Waals surface area contributed by atoms with Gasteiger partial charge in [-0.2, -0.15) is 0 Å². The van der Waals surface area contributed by atoms with E-state index in [9.17, 15) is 4.79 Å². The molecule has 0 heterocycles. The van der Waals surface area contributed by atoms with E-state index in [2.05, 4.69) is 6.92 Å². The molecule has 0 amide bonds. The number of aliphatic carboxylic acids is 1. The molecule has 0 saturated heterocycles. The first kappa shape index (κ1) is 29.3. The summed E-state index contributed by atoms with van der Waals surface area (Å²) in [4.78, 5) is 10.4. The molecule has 1 N–H and O–H groups in total. The fraction of sp³-hybridized carbons (Fsp3) is 0.958. The van der Waals surface area contributed by atoms with Gasteiger partial charge < -0.3 is 5.11 Å². The van der Waals surface area contributed by atoms with E-state index in [4.69, 9.17) is 5.11 Å². The van der Waals surface area contributed by atoms with Gasteiger partial charge in [0.1, 0.15) is 0 Å². The molecule has 27 heavy (non-hydrogen) atoms. The average Bonchev–Trinajstić information content (AvgIpc) is 2.62. The van der Waals surface area contributed by atoms with Gasteiger partial charge in [0.05, 0.1) is 0 Å². The van der Waals surface area contributed by atoms with Crippen LogP contribution in [0.15, 0.2) is 0 Å². The predicted molar refractivity (Wildman–Crippen MR) is 115 cm³/mol. The molecule has 2 nitrogen and oxygen atoms in total. The van der Waals surface area contributed by atoms with Crippen LogP contribution < -0.4 is 0 Å². The van der Waals surface area contributed by atoms with Gasteiger partial charge in [0.25, 0.3) is 0 Å². The second kappa shape index (κ2) is 26.1. The second-order valence-electron chi connectivity index (χ2n) is 8.21. The molecule has 0 aromatic rings. The first-order chi connectivity index (χ1) is 12.8. The SMILES string of the molecule is CCCCCCCCCCCCCCCCCCCCCCCC(=O)O.[Zn]. The van der Waals surface area contributed by atoms with Gasteiger partial charge in [0, 0.05) is 25.9 Å². The van der Waals surface area contributed by atoms with Crippen molar-refractivity contribution in [3.05, 3.63) is 0 Å². The molecule has 0 unspecified atom stereocenters. The third-order valence-electron chi connectivity index (χ3n) is 5.49. The van der Waals surface area contributed by atoms with Crippen LogP contribution in [-0.4, -0.2) is 11.1 Å². The van der Waals surface area contributed by atoms with E-state index >= 15 is 0 Å². The summed E-state index contributed by atoms with van der Waals surface area (Å²) in [6.45, 7) is 2.29. The number of unbranched alkanes of at least 4 members (excludes halogenated alkanes) is 20.